The lowest BCUT2D eigenvalue weighted by atomic mass is 10.2. The Balaban J connectivity index is 2.08. The second-order valence-corrected chi connectivity index (χ2v) is 5.54. The first kappa shape index (κ1) is 16.8. The average molecular weight is 322 g/mol. The lowest BCUT2D eigenvalue weighted by Crippen LogP contribution is -2.11. The van der Waals surface area contributed by atoms with E-state index in [4.69, 9.17) is 9.26 Å². The number of hydrogen-bond donors (Lipinski definition) is 0. The molecule has 2 heterocycles. The molecule has 0 spiro atoms. The number of aromatic nitrogens is 3. The summed E-state index contributed by atoms with van der Waals surface area (Å²) in [4.78, 5) is 25.6. The molecule has 124 valence electrons. The fourth-order valence-electron chi connectivity index (χ4n) is 1.81. The third-order valence-corrected chi connectivity index (χ3v) is 3.00. The van der Waals surface area contributed by atoms with Crippen molar-refractivity contribution >= 4 is 5.69 Å². The van der Waals surface area contributed by atoms with Crippen molar-refractivity contribution in [3.63, 3.8) is 0 Å². The molecule has 0 aromatic carbocycles. The lowest BCUT2D eigenvalue weighted by Gasteiger charge is -2.10. The summed E-state index contributed by atoms with van der Waals surface area (Å²) >= 11 is 0. The monoisotopic (exact) mass is 322 g/mol. The molecular weight excluding hydrogens is 304 g/mol. The van der Waals surface area contributed by atoms with Gasteiger partial charge in [-0.25, -0.2) is 0 Å². The van der Waals surface area contributed by atoms with Crippen molar-refractivity contribution < 1.29 is 14.2 Å². The van der Waals surface area contributed by atoms with E-state index in [9.17, 15) is 14.9 Å². The smallest absolute Gasteiger partial charge is 0.332 e. The lowest BCUT2D eigenvalue weighted by molar-refractivity contribution is -0.386. The zero-order chi connectivity index (χ0) is 17.0. The fraction of sp³-hybridized carbons (Fsp3) is 0.500. The van der Waals surface area contributed by atoms with Gasteiger partial charge in [-0.2, -0.15) is 4.98 Å². The summed E-state index contributed by atoms with van der Waals surface area (Å²) in [6.45, 7) is 6.61. The largest absolute Gasteiger partial charge is 0.370 e. The normalized spacial score (nSPS) is 12.5. The first-order valence-corrected chi connectivity index (χ1v) is 7.15. The fourth-order valence-corrected chi connectivity index (χ4v) is 1.81. The summed E-state index contributed by atoms with van der Waals surface area (Å²) in [6.07, 6.45) is 2.27. The summed E-state index contributed by atoms with van der Waals surface area (Å²) in [6, 6.07) is 1.13. The molecule has 2 aromatic rings. The van der Waals surface area contributed by atoms with Gasteiger partial charge in [0, 0.05) is 18.9 Å². The van der Waals surface area contributed by atoms with Crippen LogP contribution in [0, 0.1) is 16.0 Å². The van der Waals surface area contributed by atoms with Crippen LogP contribution in [0.4, 0.5) is 5.69 Å². The van der Waals surface area contributed by atoms with Crippen molar-refractivity contribution in [2.75, 3.05) is 6.61 Å². The minimum absolute atomic E-state index is 0.130. The highest BCUT2D eigenvalue weighted by molar-refractivity contribution is 5.25. The molecule has 9 nitrogen and oxygen atoms in total. The van der Waals surface area contributed by atoms with E-state index in [-0.39, 0.29) is 18.5 Å². The Morgan fingerprint density at radius 1 is 1.43 bits per heavy atom. The van der Waals surface area contributed by atoms with Gasteiger partial charge >= 0.3 is 5.69 Å². The Labute approximate surface area is 132 Å². The molecule has 0 fully saturated rings. The molecule has 0 N–H and O–H groups in total. The van der Waals surface area contributed by atoms with E-state index in [1.165, 1.54) is 10.8 Å². The standard InChI is InChI=1S/C14H18N4O5/c1-9(2)8-22-10(3)14-15-13(23-16-14)7-17-5-4-12(19)11(6-17)18(20)21/h4-6,9-10H,7-8H2,1-3H3. The molecule has 1 unspecified atom stereocenters. The molecule has 0 radical (unpaired) electrons. The minimum Gasteiger partial charge on any atom is -0.370 e. The highest BCUT2D eigenvalue weighted by Crippen LogP contribution is 2.15. The van der Waals surface area contributed by atoms with Gasteiger partial charge in [-0.15, -0.1) is 0 Å². The summed E-state index contributed by atoms with van der Waals surface area (Å²) < 4.78 is 12.2. The van der Waals surface area contributed by atoms with Crippen molar-refractivity contribution in [1.29, 1.82) is 0 Å². The second kappa shape index (κ2) is 7.14. The molecule has 0 bridgehead atoms. The summed E-state index contributed by atoms with van der Waals surface area (Å²) in [5, 5.41) is 14.6. The van der Waals surface area contributed by atoms with Crippen LogP contribution in [-0.2, 0) is 11.3 Å². The first-order chi connectivity index (χ1) is 10.9. The first-order valence-electron chi connectivity index (χ1n) is 7.15. The van der Waals surface area contributed by atoms with Crippen LogP contribution in [-0.4, -0.2) is 26.2 Å². The predicted octanol–water partition coefficient (Wildman–Crippen LogP) is 1.92. The van der Waals surface area contributed by atoms with Crippen LogP contribution < -0.4 is 5.43 Å². The maximum atomic E-state index is 11.4. The molecule has 9 heteroatoms. The van der Waals surface area contributed by atoms with Gasteiger partial charge in [-0.05, 0) is 12.8 Å². The zero-order valence-corrected chi connectivity index (χ0v) is 13.1. The van der Waals surface area contributed by atoms with Gasteiger partial charge in [-0.3, -0.25) is 14.9 Å². The van der Waals surface area contributed by atoms with Gasteiger partial charge in [0.25, 0.3) is 5.43 Å². The molecule has 2 rings (SSSR count). The average Bonchev–Trinajstić information content (AvgIpc) is 2.95. The summed E-state index contributed by atoms with van der Waals surface area (Å²) in [5.74, 6) is 1.08. The second-order valence-electron chi connectivity index (χ2n) is 5.54. The zero-order valence-electron chi connectivity index (χ0n) is 13.1. The van der Waals surface area contributed by atoms with Gasteiger partial charge in [0.2, 0.25) is 5.89 Å². The van der Waals surface area contributed by atoms with Crippen molar-refractivity contribution in [2.45, 2.75) is 33.4 Å². The number of hydrogen-bond acceptors (Lipinski definition) is 7. The van der Waals surface area contributed by atoms with Crippen molar-refractivity contribution in [1.82, 2.24) is 14.7 Å². The van der Waals surface area contributed by atoms with E-state index < -0.39 is 16.0 Å². The summed E-state index contributed by atoms with van der Waals surface area (Å²) in [5.41, 5.74) is -1.14. The topological polar surface area (TPSA) is 113 Å². The minimum atomic E-state index is -0.722. The van der Waals surface area contributed by atoms with Crippen LogP contribution in [0.1, 0.15) is 38.6 Å². The third-order valence-electron chi connectivity index (χ3n) is 3.00. The Kier molecular flexibility index (Phi) is 5.22. The number of nitro groups is 1. The van der Waals surface area contributed by atoms with E-state index in [0.29, 0.717) is 18.3 Å². The molecule has 0 aliphatic rings. The quantitative estimate of drug-likeness (QED) is 0.565. The highest BCUT2D eigenvalue weighted by atomic mass is 16.6. The van der Waals surface area contributed by atoms with Crippen LogP contribution in [0.5, 0.6) is 0 Å². The van der Waals surface area contributed by atoms with E-state index in [1.54, 1.807) is 0 Å². The predicted molar refractivity (Wildman–Crippen MR) is 80.0 cm³/mol. The highest BCUT2D eigenvalue weighted by Gasteiger charge is 2.16. The van der Waals surface area contributed by atoms with Crippen molar-refractivity contribution in [3.8, 4) is 0 Å². The van der Waals surface area contributed by atoms with E-state index >= 15 is 0 Å². The Hall–Kier alpha value is -2.55. The maximum absolute atomic E-state index is 11.4. The molecule has 23 heavy (non-hydrogen) atoms. The van der Waals surface area contributed by atoms with Crippen molar-refractivity contribution in [2.24, 2.45) is 5.92 Å². The number of rotatable bonds is 7. The van der Waals surface area contributed by atoms with Crippen molar-refractivity contribution in [3.05, 3.63) is 50.5 Å². The third kappa shape index (κ3) is 4.46. The van der Waals surface area contributed by atoms with Gasteiger partial charge in [0.05, 0.1) is 11.1 Å². The number of pyridine rings is 1. The SMILES string of the molecule is CC(C)COC(C)c1noc(Cn2ccc(=O)c([N+](=O)[O-])c2)n1. The van der Waals surface area contributed by atoms with Crippen LogP contribution in [0.2, 0.25) is 0 Å². The maximum Gasteiger partial charge on any atom is 0.332 e. The molecular formula is C14H18N4O5. The van der Waals surface area contributed by atoms with E-state index in [1.807, 2.05) is 20.8 Å². The Morgan fingerprint density at radius 3 is 2.83 bits per heavy atom. The van der Waals surface area contributed by atoms with E-state index in [2.05, 4.69) is 10.1 Å². The van der Waals surface area contributed by atoms with E-state index in [0.717, 1.165) is 12.3 Å². The van der Waals surface area contributed by atoms with Crippen LogP contribution in [0.25, 0.3) is 0 Å². The van der Waals surface area contributed by atoms with Gasteiger partial charge in [0.15, 0.2) is 5.82 Å². The molecule has 2 aromatic heterocycles. The van der Waals surface area contributed by atoms with Gasteiger partial charge < -0.3 is 13.8 Å². The Bertz CT molecular complexity index is 737. The summed E-state index contributed by atoms with van der Waals surface area (Å²) in [7, 11) is 0. The van der Waals surface area contributed by atoms with Crippen LogP contribution in [0.3, 0.4) is 0 Å². The molecule has 0 aliphatic heterocycles. The number of ether oxygens (including phenoxy) is 1. The molecule has 0 aliphatic carbocycles. The molecule has 0 saturated carbocycles. The molecule has 0 saturated heterocycles. The Morgan fingerprint density at radius 2 is 2.17 bits per heavy atom. The van der Waals surface area contributed by atoms with Gasteiger partial charge in [-0.1, -0.05) is 19.0 Å². The molecule has 0 amide bonds. The van der Waals surface area contributed by atoms with Gasteiger partial charge in [0.1, 0.15) is 12.6 Å². The van der Waals surface area contributed by atoms with Crippen LogP contribution in [0.15, 0.2) is 27.8 Å². The molecule has 1 atom stereocenters. The van der Waals surface area contributed by atoms with Crippen LogP contribution >= 0.6 is 0 Å². The number of nitrogens with zero attached hydrogens (tertiary/aromatic N) is 4.